The molecule has 0 spiro atoms. The van der Waals surface area contributed by atoms with E-state index < -0.39 is 6.04 Å². The molecule has 7 nitrogen and oxygen atoms in total. The Morgan fingerprint density at radius 3 is 2.19 bits per heavy atom. The van der Waals surface area contributed by atoms with Crippen molar-refractivity contribution in [3.63, 3.8) is 0 Å². The molecule has 31 heavy (non-hydrogen) atoms. The normalized spacial score (nSPS) is 11.8. The van der Waals surface area contributed by atoms with E-state index in [9.17, 15) is 14.7 Å². The molecule has 0 aliphatic carbocycles. The van der Waals surface area contributed by atoms with Gasteiger partial charge >= 0.3 is 0 Å². The molecule has 0 fully saturated rings. The minimum atomic E-state index is -0.602. The first-order valence-electron chi connectivity index (χ1n) is 11.8. The number of amides is 2. The quantitative estimate of drug-likeness (QED) is 0.228. The minimum Gasteiger partial charge on any atom is -0.508 e. The molecule has 0 saturated heterocycles. The number of phenolic OH excluding ortho intramolecular Hbond substituents is 1. The topological polar surface area (TPSA) is 116 Å². The standard InChI is InChI=1S/C24H42N4O3/c1-2-10-23(30)28-22(19-20-11-13-21(29)14-12-20)24(31)27-18-8-6-4-3-5-7-16-26-17-9-15-25/h11-14,22,26,29H,2-10,15-19,25H2,1H3,(H,27,31)(H,28,30). The molecule has 1 aromatic carbocycles. The average molecular weight is 435 g/mol. The van der Waals surface area contributed by atoms with Crippen LogP contribution in [0, 0.1) is 0 Å². The molecule has 2 amide bonds. The lowest BCUT2D eigenvalue weighted by atomic mass is 10.0. The van der Waals surface area contributed by atoms with Crippen LogP contribution in [0.1, 0.15) is 70.3 Å². The summed E-state index contributed by atoms with van der Waals surface area (Å²) in [5.74, 6) is -0.0809. The summed E-state index contributed by atoms with van der Waals surface area (Å²) in [4.78, 5) is 24.7. The molecule has 0 aromatic heterocycles. The van der Waals surface area contributed by atoms with Gasteiger partial charge in [0.1, 0.15) is 11.8 Å². The highest BCUT2D eigenvalue weighted by Gasteiger charge is 2.20. The molecule has 0 radical (unpaired) electrons. The highest BCUT2D eigenvalue weighted by atomic mass is 16.3. The monoisotopic (exact) mass is 434 g/mol. The number of unbranched alkanes of at least 4 members (excludes halogenated alkanes) is 5. The molecule has 1 aromatic rings. The summed E-state index contributed by atoms with van der Waals surface area (Å²) in [6.07, 6.45) is 9.40. The first-order chi connectivity index (χ1) is 15.1. The first kappa shape index (κ1) is 26.9. The fraction of sp³-hybridized carbons (Fsp3) is 0.667. The van der Waals surface area contributed by atoms with Crippen molar-refractivity contribution in [1.29, 1.82) is 0 Å². The lowest BCUT2D eigenvalue weighted by Crippen LogP contribution is -2.48. The molecule has 1 atom stereocenters. The van der Waals surface area contributed by atoms with Gasteiger partial charge in [-0.3, -0.25) is 9.59 Å². The van der Waals surface area contributed by atoms with E-state index in [1.165, 1.54) is 25.7 Å². The zero-order chi connectivity index (χ0) is 22.7. The molecular weight excluding hydrogens is 392 g/mol. The van der Waals surface area contributed by atoms with Crippen LogP contribution < -0.4 is 21.7 Å². The van der Waals surface area contributed by atoms with Gasteiger partial charge in [-0.25, -0.2) is 0 Å². The SMILES string of the molecule is CCCC(=O)NC(Cc1ccc(O)cc1)C(=O)NCCCCCCCCNCCCN. The maximum absolute atomic E-state index is 12.6. The van der Waals surface area contributed by atoms with Crippen molar-refractivity contribution in [3.8, 4) is 5.75 Å². The number of carbonyl (C=O) groups is 2. The summed E-state index contributed by atoms with van der Waals surface area (Å²) in [7, 11) is 0. The van der Waals surface area contributed by atoms with Gasteiger partial charge in [-0.05, 0) is 63.0 Å². The molecule has 6 N–H and O–H groups in total. The summed E-state index contributed by atoms with van der Waals surface area (Å²) in [6.45, 7) is 5.36. The van der Waals surface area contributed by atoms with Crippen molar-refractivity contribution in [1.82, 2.24) is 16.0 Å². The first-order valence-corrected chi connectivity index (χ1v) is 11.8. The molecule has 1 unspecified atom stereocenters. The van der Waals surface area contributed by atoms with Crippen LogP contribution in [0.3, 0.4) is 0 Å². The van der Waals surface area contributed by atoms with E-state index in [1.807, 2.05) is 6.92 Å². The van der Waals surface area contributed by atoms with Gasteiger partial charge < -0.3 is 26.8 Å². The molecule has 0 bridgehead atoms. The Hall–Kier alpha value is -2.12. The minimum absolute atomic E-state index is 0.112. The Morgan fingerprint density at radius 2 is 1.55 bits per heavy atom. The Morgan fingerprint density at radius 1 is 0.935 bits per heavy atom. The molecule has 1 rings (SSSR count). The van der Waals surface area contributed by atoms with Crippen LogP contribution in [0.2, 0.25) is 0 Å². The second kappa shape index (κ2) is 17.5. The Balaban J connectivity index is 2.25. The Kier molecular flexibility index (Phi) is 15.2. The van der Waals surface area contributed by atoms with Gasteiger partial charge in [0.15, 0.2) is 0 Å². The van der Waals surface area contributed by atoms with Gasteiger partial charge in [0.05, 0.1) is 0 Å². The van der Waals surface area contributed by atoms with E-state index in [2.05, 4.69) is 16.0 Å². The van der Waals surface area contributed by atoms with Crippen LogP contribution in [0.15, 0.2) is 24.3 Å². The number of aromatic hydroxyl groups is 1. The lowest BCUT2D eigenvalue weighted by Gasteiger charge is -2.19. The molecular formula is C24H42N4O3. The van der Waals surface area contributed by atoms with Crippen LogP contribution in [0.4, 0.5) is 0 Å². The van der Waals surface area contributed by atoms with Crippen LogP contribution in [0.25, 0.3) is 0 Å². The van der Waals surface area contributed by atoms with Crippen LogP contribution in [-0.2, 0) is 16.0 Å². The van der Waals surface area contributed by atoms with Crippen LogP contribution in [0.5, 0.6) is 5.75 Å². The maximum atomic E-state index is 12.6. The van der Waals surface area contributed by atoms with E-state index in [4.69, 9.17) is 5.73 Å². The summed E-state index contributed by atoms with van der Waals surface area (Å²) in [6, 6.07) is 6.13. The number of rotatable bonds is 18. The molecule has 0 saturated carbocycles. The summed E-state index contributed by atoms with van der Waals surface area (Å²) < 4.78 is 0. The van der Waals surface area contributed by atoms with Crippen molar-refractivity contribution < 1.29 is 14.7 Å². The van der Waals surface area contributed by atoms with Gasteiger partial charge in [-0.1, -0.05) is 44.7 Å². The third-order valence-corrected chi connectivity index (χ3v) is 5.14. The Labute approximate surface area is 187 Å². The number of nitrogens with one attached hydrogen (secondary N) is 3. The van der Waals surface area contributed by atoms with Gasteiger partial charge in [-0.2, -0.15) is 0 Å². The second-order valence-corrected chi connectivity index (χ2v) is 8.05. The van der Waals surface area contributed by atoms with Crippen LogP contribution >= 0.6 is 0 Å². The van der Waals surface area contributed by atoms with Crippen LogP contribution in [-0.4, -0.2) is 49.1 Å². The largest absolute Gasteiger partial charge is 0.508 e. The average Bonchev–Trinajstić information content (AvgIpc) is 2.75. The molecule has 0 aliphatic heterocycles. The fourth-order valence-electron chi connectivity index (χ4n) is 3.34. The van der Waals surface area contributed by atoms with Crippen molar-refractivity contribution in [2.24, 2.45) is 5.73 Å². The lowest BCUT2D eigenvalue weighted by molar-refractivity contribution is -0.129. The van der Waals surface area contributed by atoms with Crippen molar-refractivity contribution >= 4 is 11.8 Å². The van der Waals surface area contributed by atoms with Crippen molar-refractivity contribution in [3.05, 3.63) is 29.8 Å². The van der Waals surface area contributed by atoms with E-state index >= 15 is 0 Å². The van der Waals surface area contributed by atoms with Gasteiger partial charge in [0.2, 0.25) is 11.8 Å². The maximum Gasteiger partial charge on any atom is 0.242 e. The van der Waals surface area contributed by atoms with E-state index in [0.717, 1.165) is 50.9 Å². The predicted octanol–water partition coefficient (Wildman–Crippen LogP) is 2.61. The fourth-order valence-corrected chi connectivity index (χ4v) is 3.34. The third-order valence-electron chi connectivity index (χ3n) is 5.14. The molecule has 176 valence electrons. The van der Waals surface area contributed by atoms with Gasteiger partial charge in [-0.15, -0.1) is 0 Å². The zero-order valence-corrected chi connectivity index (χ0v) is 19.1. The predicted molar refractivity (Wildman–Crippen MR) is 126 cm³/mol. The zero-order valence-electron chi connectivity index (χ0n) is 19.1. The highest BCUT2D eigenvalue weighted by Crippen LogP contribution is 2.12. The molecule has 0 aliphatic rings. The molecule has 0 heterocycles. The van der Waals surface area contributed by atoms with Gasteiger partial charge in [0.25, 0.3) is 0 Å². The number of hydrogen-bond acceptors (Lipinski definition) is 5. The Bertz CT molecular complexity index is 607. The summed E-state index contributed by atoms with van der Waals surface area (Å²) in [5.41, 5.74) is 6.36. The van der Waals surface area contributed by atoms with Crippen molar-refractivity contribution in [2.45, 2.75) is 77.2 Å². The second-order valence-electron chi connectivity index (χ2n) is 8.05. The number of nitrogens with two attached hydrogens (primary N) is 1. The number of phenols is 1. The van der Waals surface area contributed by atoms with Gasteiger partial charge in [0, 0.05) is 19.4 Å². The van der Waals surface area contributed by atoms with Crippen molar-refractivity contribution in [2.75, 3.05) is 26.2 Å². The number of benzene rings is 1. The summed E-state index contributed by atoms with van der Waals surface area (Å²) in [5, 5.41) is 18.6. The van der Waals surface area contributed by atoms with E-state index in [-0.39, 0.29) is 17.6 Å². The smallest absolute Gasteiger partial charge is 0.242 e. The van der Waals surface area contributed by atoms with E-state index in [1.54, 1.807) is 24.3 Å². The molecule has 7 heteroatoms. The number of hydrogen-bond donors (Lipinski definition) is 5. The van der Waals surface area contributed by atoms with E-state index in [0.29, 0.717) is 19.4 Å². The highest BCUT2D eigenvalue weighted by molar-refractivity contribution is 5.87. The summed E-state index contributed by atoms with van der Waals surface area (Å²) >= 11 is 0. The number of carbonyl (C=O) groups excluding carboxylic acids is 2. The third kappa shape index (κ3) is 13.7.